The lowest BCUT2D eigenvalue weighted by atomic mass is 10.1. The summed E-state index contributed by atoms with van der Waals surface area (Å²) >= 11 is 0. The summed E-state index contributed by atoms with van der Waals surface area (Å²) in [5, 5.41) is 25.2. The van der Waals surface area contributed by atoms with Crippen molar-refractivity contribution < 1.29 is 15.3 Å². The molecule has 0 fully saturated rings. The molecule has 0 bridgehead atoms. The molecule has 3 rings (SSSR count). The highest BCUT2D eigenvalue weighted by atomic mass is 16.3. The number of aromatic nitrogens is 4. The number of nitrogens with one attached hydrogen (secondary N) is 1. The fourth-order valence-electron chi connectivity index (χ4n) is 3.09. The van der Waals surface area contributed by atoms with Gasteiger partial charge in [0, 0.05) is 19.7 Å². The van der Waals surface area contributed by atoms with Crippen molar-refractivity contribution in [2.24, 2.45) is 5.73 Å². The monoisotopic (exact) mass is 433 g/mol. The fourth-order valence-corrected chi connectivity index (χ4v) is 3.09. The first kappa shape index (κ1) is 24.6. The summed E-state index contributed by atoms with van der Waals surface area (Å²) in [5.74, 6) is 0.326. The predicted octanol–water partition coefficient (Wildman–Crippen LogP) is 0.0524. The third-order valence-electron chi connectivity index (χ3n) is 5.00. The Morgan fingerprint density at radius 1 is 1.06 bits per heavy atom. The van der Waals surface area contributed by atoms with Crippen LogP contribution in [0.25, 0.3) is 22.6 Å². The van der Waals surface area contributed by atoms with Crippen LogP contribution in [0, 0.1) is 13.8 Å². The number of nitrogens with zero attached hydrogens (tertiary/aromatic N) is 3. The number of aromatic amines is 1. The fraction of sp³-hybridized carbons (Fsp3) is 0.524. The van der Waals surface area contributed by atoms with Crippen LogP contribution in [0.3, 0.4) is 0 Å². The van der Waals surface area contributed by atoms with Crippen LogP contribution in [0.2, 0.25) is 0 Å². The topological polar surface area (TPSA) is 167 Å². The van der Waals surface area contributed by atoms with E-state index in [0.29, 0.717) is 12.4 Å². The van der Waals surface area contributed by atoms with Gasteiger partial charge in [-0.1, -0.05) is 12.8 Å². The van der Waals surface area contributed by atoms with Crippen molar-refractivity contribution in [3.05, 3.63) is 44.1 Å². The highest BCUT2D eigenvalue weighted by molar-refractivity contribution is 5.81. The zero-order valence-corrected chi connectivity index (χ0v) is 18.0. The average Bonchev–Trinajstić information content (AvgIpc) is 2.74. The van der Waals surface area contributed by atoms with Crippen LogP contribution in [0.1, 0.15) is 36.8 Å². The third-order valence-corrected chi connectivity index (χ3v) is 5.00. The summed E-state index contributed by atoms with van der Waals surface area (Å²) in [6.07, 6.45) is 2.82. The minimum atomic E-state index is -0.731. The van der Waals surface area contributed by atoms with E-state index in [-0.39, 0.29) is 25.5 Å². The van der Waals surface area contributed by atoms with Crippen LogP contribution in [0.5, 0.6) is 0 Å². The van der Waals surface area contributed by atoms with Crippen molar-refractivity contribution in [3.63, 3.8) is 0 Å². The number of hydrogen-bond donors (Lipinski definition) is 5. The summed E-state index contributed by atoms with van der Waals surface area (Å²) in [6.45, 7) is 4.76. The van der Waals surface area contributed by atoms with Crippen molar-refractivity contribution in [2.45, 2.75) is 52.2 Å². The Balaban J connectivity index is 0.000000501. The van der Waals surface area contributed by atoms with E-state index in [1.165, 1.54) is 0 Å². The number of unbranched alkanes of at least 4 members (excludes halogenated alkanes) is 3. The summed E-state index contributed by atoms with van der Waals surface area (Å²) in [4.78, 5) is 34.5. The lowest BCUT2D eigenvalue weighted by molar-refractivity contribution is 0.102. The highest BCUT2D eigenvalue weighted by Gasteiger charge is 2.18. The molecule has 1 aromatic carbocycles. The quantitative estimate of drug-likeness (QED) is 0.245. The number of aryl methyl sites for hydroxylation is 3. The van der Waals surface area contributed by atoms with Gasteiger partial charge in [-0.15, -0.1) is 0 Å². The van der Waals surface area contributed by atoms with Crippen LogP contribution in [-0.4, -0.2) is 60.7 Å². The maximum atomic E-state index is 12.2. The van der Waals surface area contributed by atoms with Gasteiger partial charge in [-0.2, -0.15) is 4.98 Å². The van der Waals surface area contributed by atoms with E-state index in [0.717, 1.165) is 47.8 Å². The first-order chi connectivity index (χ1) is 14.8. The number of H-pyrrole nitrogens is 1. The van der Waals surface area contributed by atoms with E-state index in [1.807, 2.05) is 30.5 Å². The van der Waals surface area contributed by atoms with Crippen molar-refractivity contribution in [1.82, 2.24) is 19.5 Å². The Kier molecular flexibility index (Phi) is 9.25. The second-order valence-corrected chi connectivity index (χ2v) is 7.44. The molecule has 1 unspecified atom stereocenters. The Bertz CT molecular complexity index is 1070. The number of aliphatic hydroxyl groups excluding tert-OH is 3. The molecule has 2 aliphatic heterocycles. The first-order valence-corrected chi connectivity index (χ1v) is 10.3. The lowest BCUT2D eigenvalue weighted by Gasteiger charge is -2.17. The SMILES string of the molecule is Cc1cc2nc3c(=O)[nH]c(=O)nc-3n(CCCCCCO)c2cc1C.NCC(O)CO. The van der Waals surface area contributed by atoms with Crippen molar-refractivity contribution in [3.8, 4) is 11.5 Å². The standard InChI is InChI=1S/C18H22N4O3.C3H9NO2/c1-11-9-13-14(10-12(11)2)22(7-5-3-4-6-8-23)16-15(19-13)17(24)21-18(25)20-16;4-1-3(6)2-5/h9-10,23H,3-8H2,1-2H3,(H,21,24,25);3,5-6H,1-2,4H2. The molecule has 0 radical (unpaired) electrons. The van der Waals surface area contributed by atoms with Gasteiger partial charge in [0.05, 0.1) is 23.7 Å². The number of fused-ring (bicyclic) bond motifs is 2. The maximum Gasteiger partial charge on any atom is 0.349 e. The van der Waals surface area contributed by atoms with Gasteiger partial charge in [0.1, 0.15) is 0 Å². The number of benzene rings is 1. The molecular weight excluding hydrogens is 402 g/mol. The molecule has 0 saturated carbocycles. The van der Waals surface area contributed by atoms with Gasteiger partial charge in [-0.3, -0.25) is 9.78 Å². The van der Waals surface area contributed by atoms with E-state index >= 15 is 0 Å². The van der Waals surface area contributed by atoms with Gasteiger partial charge in [0.25, 0.3) is 5.56 Å². The second kappa shape index (κ2) is 11.7. The smallest absolute Gasteiger partial charge is 0.349 e. The van der Waals surface area contributed by atoms with Crippen LogP contribution < -0.4 is 17.0 Å². The molecule has 0 spiro atoms. The highest BCUT2D eigenvalue weighted by Crippen LogP contribution is 2.24. The van der Waals surface area contributed by atoms with Crippen LogP contribution in [-0.2, 0) is 6.54 Å². The van der Waals surface area contributed by atoms with Gasteiger partial charge in [0.2, 0.25) is 0 Å². The first-order valence-electron chi connectivity index (χ1n) is 10.3. The zero-order chi connectivity index (χ0) is 23.0. The maximum absolute atomic E-state index is 12.2. The lowest BCUT2D eigenvalue weighted by Crippen LogP contribution is -2.29. The van der Waals surface area contributed by atoms with Gasteiger partial charge >= 0.3 is 5.69 Å². The zero-order valence-electron chi connectivity index (χ0n) is 18.0. The average molecular weight is 434 g/mol. The number of rotatable bonds is 8. The van der Waals surface area contributed by atoms with Gasteiger partial charge in [-0.25, -0.2) is 9.78 Å². The van der Waals surface area contributed by atoms with Crippen molar-refractivity contribution >= 4 is 11.0 Å². The molecule has 170 valence electrons. The molecule has 0 saturated heterocycles. The third kappa shape index (κ3) is 6.41. The molecule has 31 heavy (non-hydrogen) atoms. The Morgan fingerprint density at radius 2 is 1.74 bits per heavy atom. The molecule has 0 aliphatic carbocycles. The van der Waals surface area contributed by atoms with E-state index in [4.69, 9.17) is 21.1 Å². The molecule has 0 amide bonds. The molecule has 2 heterocycles. The molecule has 1 aromatic rings. The molecule has 0 aromatic heterocycles. The Hall–Kier alpha value is -2.66. The van der Waals surface area contributed by atoms with E-state index < -0.39 is 17.4 Å². The van der Waals surface area contributed by atoms with Crippen molar-refractivity contribution in [1.29, 1.82) is 0 Å². The molecular formula is C21H31N5O5. The predicted molar refractivity (Wildman–Crippen MR) is 118 cm³/mol. The molecule has 10 nitrogen and oxygen atoms in total. The van der Waals surface area contributed by atoms with Crippen LogP contribution in [0.4, 0.5) is 0 Å². The van der Waals surface area contributed by atoms with E-state index in [2.05, 4.69) is 15.0 Å². The number of aliphatic hydroxyl groups is 3. The summed E-state index contributed by atoms with van der Waals surface area (Å²) < 4.78 is 1.92. The second-order valence-electron chi connectivity index (χ2n) is 7.44. The normalized spacial score (nSPS) is 12.1. The van der Waals surface area contributed by atoms with Gasteiger partial charge < -0.3 is 25.6 Å². The Morgan fingerprint density at radius 3 is 2.35 bits per heavy atom. The number of hydrogen-bond acceptors (Lipinski definition) is 8. The summed E-state index contributed by atoms with van der Waals surface area (Å²) in [6, 6.07) is 3.98. The van der Waals surface area contributed by atoms with Crippen molar-refractivity contribution in [2.75, 3.05) is 19.8 Å². The van der Waals surface area contributed by atoms with Gasteiger partial charge in [-0.05, 0) is 49.9 Å². The summed E-state index contributed by atoms with van der Waals surface area (Å²) in [7, 11) is 0. The molecule has 6 N–H and O–H groups in total. The molecule has 2 aliphatic rings. The largest absolute Gasteiger partial charge is 0.396 e. The van der Waals surface area contributed by atoms with E-state index in [1.54, 1.807) is 0 Å². The van der Waals surface area contributed by atoms with Gasteiger partial charge in [0.15, 0.2) is 11.5 Å². The van der Waals surface area contributed by atoms with Crippen LogP contribution in [0.15, 0.2) is 21.7 Å². The van der Waals surface area contributed by atoms with E-state index in [9.17, 15) is 9.59 Å². The van der Waals surface area contributed by atoms with Crippen LogP contribution >= 0.6 is 0 Å². The Labute approximate surface area is 179 Å². The number of nitrogens with two attached hydrogens (primary N) is 1. The molecule has 1 atom stereocenters. The minimum absolute atomic E-state index is 0.135. The minimum Gasteiger partial charge on any atom is -0.396 e. The summed E-state index contributed by atoms with van der Waals surface area (Å²) in [5.41, 5.74) is 7.70. The molecule has 10 heteroatoms.